The highest BCUT2D eigenvalue weighted by molar-refractivity contribution is 5.70. The summed E-state index contributed by atoms with van der Waals surface area (Å²) in [5.41, 5.74) is 0. The predicted molar refractivity (Wildman–Crippen MR) is 205 cm³/mol. The van der Waals surface area contributed by atoms with Gasteiger partial charge in [-0.2, -0.15) is 0 Å². The van der Waals surface area contributed by atoms with Crippen LogP contribution in [-0.2, 0) is 19.1 Å². The maximum atomic E-state index is 12.1. The van der Waals surface area contributed by atoms with E-state index in [1.54, 1.807) is 0 Å². The summed E-state index contributed by atoms with van der Waals surface area (Å²) in [4.78, 5) is 24.3. The minimum atomic E-state index is -0.761. The average molecular weight is 681 g/mol. The summed E-state index contributed by atoms with van der Waals surface area (Å²) in [6.07, 6.45) is 41.7. The molecule has 0 amide bonds. The minimum Gasteiger partial charge on any atom is -0.462 e. The molecule has 0 aromatic carbocycles. The van der Waals surface area contributed by atoms with Gasteiger partial charge in [-0.3, -0.25) is 9.59 Å². The standard InChI is InChI=1S/C43H84O5/c1-4-6-7-8-9-10-11-21-25-28-31-34-37-43(46)48-41(38-44)39-47-42(45)36-33-30-27-24-22-19-17-15-13-12-14-16-18-20-23-26-29-32-35-40(3)5-2/h40-41,44H,4-39H2,1-3H3/t40?,41-/m0/s1. The van der Waals surface area contributed by atoms with Crippen molar-refractivity contribution in [3.05, 3.63) is 0 Å². The van der Waals surface area contributed by atoms with E-state index in [0.717, 1.165) is 38.0 Å². The molecule has 0 rings (SSSR count). The fourth-order valence-corrected chi connectivity index (χ4v) is 6.53. The van der Waals surface area contributed by atoms with Gasteiger partial charge in [-0.15, -0.1) is 0 Å². The second kappa shape index (κ2) is 38.7. The molecule has 1 unspecified atom stereocenters. The van der Waals surface area contributed by atoms with Crippen LogP contribution in [0.25, 0.3) is 0 Å². The zero-order valence-corrected chi connectivity index (χ0v) is 32.7. The average Bonchev–Trinajstić information content (AvgIpc) is 3.09. The molecule has 0 saturated heterocycles. The number of unbranched alkanes of at least 4 members (excludes halogenated alkanes) is 28. The Labute approximate surface area is 299 Å². The summed E-state index contributed by atoms with van der Waals surface area (Å²) < 4.78 is 10.6. The van der Waals surface area contributed by atoms with E-state index in [4.69, 9.17) is 9.47 Å². The fourth-order valence-electron chi connectivity index (χ4n) is 6.53. The molecule has 1 N–H and O–H groups in total. The minimum absolute atomic E-state index is 0.0573. The molecular weight excluding hydrogens is 596 g/mol. The van der Waals surface area contributed by atoms with Gasteiger partial charge in [-0.05, 0) is 18.8 Å². The van der Waals surface area contributed by atoms with E-state index in [2.05, 4.69) is 20.8 Å². The van der Waals surface area contributed by atoms with E-state index in [0.29, 0.717) is 12.8 Å². The molecule has 0 fully saturated rings. The molecule has 0 aliphatic heterocycles. The van der Waals surface area contributed by atoms with Gasteiger partial charge in [0.1, 0.15) is 6.61 Å². The molecule has 0 heterocycles. The van der Waals surface area contributed by atoms with E-state index >= 15 is 0 Å². The second-order valence-electron chi connectivity index (χ2n) is 15.0. The van der Waals surface area contributed by atoms with E-state index in [1.807, 2.05) is 0 Å². The number of rotatable bonds is 39. The topological polar surface area (TPSA) is 72.8 Å². The third kappa shape index (κ3) is 36.2. The monoisotopic (exact) mass is 681 g/mol. The normalized spacial score (nSPS) is 12.7. The van der Waals surface area contributed by atoms with Crippen molar-refractivity contribution < 1.29 is 24.2 Å². The fraction of sp³-hybridized carbons (Fsp3) is 0.953. The van der Waals surface area contributed by atoms with Crippen LogP contribution in [0.5, 0.6) is 0 Å². The highest BCUT2D eigenvalue weighted by Gasteiger charge is 2.16. The molecule has 5 heteroatoms. The van der Waals surface area contributed by atoms with Gasteiger partial charge >= 0.3 is 11.9 Å². The summed E-state index contributed by atoms with van der Waals surface area (Å²) in [7, 11) is 0. The summed E-state index contributed by atoms with van der Waals surface area (Å²) in [5.74, 6) is 0.341. The first-order valence-corrected chi connectivity index (χ1v) is 21.5. The van der Waals surface area contributed by atoms with E-state index in [-0.39, 0.29) is 25.2 Å². The van der Waals surface area contributed by atoms with Crippen LogP contribution in [0.4, 0.5) is 0 Å². The Morgan fingerprint density at radius 2 is 0.812 bits per heavy atom. The molecule has 0 spiro atoms. The maximum absolute atomic E-state index is 12.1. The van der Waals surface area contributed by atoms with Crippen molar-refractivity contribution >= 4 is 11.9 Å². The Kier molecular flexibility index (Phi) is 37.8. The van der Waals surface area contributed by atoms with Crippen molar-refractivity contribution in [3.8, 4) is 0 Å². The number of hydrogen-bond donors (Lipinski definition) is 1. The summed E-state index contributed by atoms with van der Waals surface area (Å²) in [6.45, 7) is 6.56. The molecule has 0 aromatic heterocycles. The molecule has 5 nitrogen and oxygen atoms in total. The molecule has 0 bridgehead atoms. The molecule has 2 atom stereocenters. The van der Waals surface area contributed by atoms with Gasteiger partial charge in [0.15, 0.2) is 6.10 Å². The number of aliphatic hydroxyl groups is 1. The Morgan fingerprint density at radius 1 is 0.479 bits per heavy atom. The van der Waals surface area contributed by atoms with Crippen LogP contribution in [0, 0.1) is 5.92 Å². The Balaban J connectivity index is 3.45. The third-order valence-electron chi connectivity index (χ3n) is 10.2. The lowest BCUT2D eigenvalue weighted by molar-refractivity contribution is -0.161. The van der Waals surface area contributed by atoms with Crippen molar-refractivity contribution in [1.82, 2.24) is 0 Å². The van der Waals surface area contributed by atoms with Crippen molar-refractivity contribution in [2.24, 2.45) is 5.92 Å². The van der Waals surface area contributed by atoms with Crippen molar-refractivity contribution in [1.29, 1.82) is 0 Å². The molecule has 0 aromatic rings. The first-order chi connectivity index (χ1) is 23.5. The van der Waals surface area contributed by atoms with Crippen LogP contribution >= 0.6 is 0 Å². The molecule has 0 radical (unpaired) electrons. The summed E-state index contributed by atoms with van der Waals surface area (Å²) in [6, 6.07) is 0. The van der Waals surface area contributed by atoms with Gasteiger partial charge < -0.3 is 14.6 Å². The molecule has 0 aliphatic carbocycles. The van der Waals surface area contributed by atoms with Crippen LogP contribution in [0.1, 0.15) is 239 Å². The van der Waals surface area contributed by atoms with Crippen LogP contribution in [0.3, 0.4) is 0 Å². The first-order valence-electron chi connectivity index (χ1n) is 21.5. The second-order valence-corrected chi connectivity index (χ2v) is 15.0. The maximum Gasteiger partial charge on any atom is 0.306 e. The van der Waals surface area contributed by atoms with Crippen molar-refractivity contribution in [2.75, 3.05) is 13.2 Å². The van der Waals surface area contributed by atoms with Crippen LogP contribution < -0.4 is 0 Å². The number of esters is 2. The van der Waals surface area contributed by atoms with Gasteiger partial charge in [-0.25, -0.2) is 0 Å². The first kappa shape index (κ1) is 46.9. The third-order valence-corrected chi connectivity index (χ3v) is 10.2. The van der Waals surface area contributed by atoms with E-state index in [1.165, 1.54) is 173 Å². The van der Waals surface area contributed by atoms with Gasteiger partial charge in [0, 0.05) is 12.8 Å². The molecular formula is C43H84O5. The van der Waals surface area contributed by atoms with Crippen LogP contribution in [-0.4, -0.2) is 36.4 Å². The van der Waals surface area contributed by atoms with Crippen LogP contribution in [0.15, 0.2) is 0 Å². The smallest absolute Gasteiger partial charge is 0.306 e. The molecule has 286 valence electrons. The number of aliphatic hydroxyl groups excluding tert-OH is 1. The SMILES string of the molecule is CCCCCCCCCCCCCCC(=O)O[C@@H](CO)COC(=O)CCCCCCCCCCCCCCCCCCCCC(C)CC. The highest BCUT2D eigenvalue weighted by atomic mass is 16.6. The Morgan fingerprint density at radius 3 is 1.17 bits per heavy atom. The summed E-state index contributed by atoms with van der Waals surface area (Å²) >= 11 is 0. The zero-order chi connectivity index (χ0) is 35.2. The molecule has 0 saturated carbocycles. The quantitative estimate of drug-likeness (QED) is 0.0517. The largest absolute Gasteiger partial charge is 0.462 e. The summed E-state index contributed by atoms with van der Waals surface area (Å²) in [5, 5.41) is 9.55. The van der Waals surface area contributed by atoms with Gasteiger partial charge in [-0.1, -0.05) is 213 Å². The van der Waals surface area contributed by atoms with Gasteiger partial charge in [0.25, 0.3) is 0 Å². The van der Waals surface area contributed by atoms with Crippen molar-refractivity contribution in [2.45, 2.75) is 245 Å². The lowest BCUT2D eigenvalue weighted by atomic mass is 9.99. The number of hydrogen-bond acceptors (Lipinski definition) is 5. The number of carbonyl (C=O) groups is 2. The number of carbonyl (C=O) groups excluding carboxylic acids is 2. The Bertz CT molecular complexity index is 666. The molecule has 48 heavy (non-hydrogen) atoms. The lowest BCUT2D eigenvalue weighted by Crippen LogP contribution is -2.28. The highest BCUT2D eigenvalue weighted by Crippen LogP contribution is 2.17. The Hall–Kier alpha value is -1.10. The predicted octanol–water partition coefficient (Wildman–Crippen LogP) is 13.4. The zero-order valence-electron chi connectivity index (χ0n) is 32.7. The van der Waals surface area contributed by atoms with Gasteiger partial charge in [0.2, 0.25) is 0 Å². The van der Waals surface area contributed by atoms with Crippen LogP contribution in [0.2, 0.25) is 0 Å². The lowest BCUT2D eigenvalue weighted by Gasteiger charge is -2.15. The van der Waals surface area contributed by atoms with E-state index < -0.39 is 6.10 Å². The van der Waals surface area contributed by atoms with E-state index in [9.17, 15) is 14.7 Å². The van der Waals surface area contributed by atoms with Crippen molar-refractivity contribution in [3.63, 3.8) is 0 Å². The molecule has 0 aliphatic rings. The number of ether oxygens (including phenoxy) is 2. The van der Waals surface area contributed by atoms with Gasteiger partial charge in [0.05, 0.1) is 6.61 Å².